The summed E-state index contributed by atoms with van der Waals surface area (Å²) in [4.78, 5) is 25.9. The smallest absolute Gasteiger partial charge is 0.303 e. The fourth-order valence-electron chi connectivity index (χ4n) is 7.04. The van der Waals surface area contributed by atoms with Gasteiger partial charge in [-0.3, -0.25) is 9.59 Å². The first kappa shape index (κ1) is 24.9. The van der Waals surface area contributed by atoms with Crippen molar-refractivity contribution in [3.05, 3.63) is 12.7 Å². The third-order valence-electron chi connectivity index (χ3n) is 8.35. The van der Waals surface area contributed by atoms with Crippen LogP contribution in [0, 0.1) is 29.1 Å². The zero-order chi connectivity index (χ0) is 24.3. The number of ketones is 1. The topological polar surface area (TPSA) is 102 Å². The largest absolute Gasteiger partial charge is 0.457 e. The number of hydrogen-bond acceptors (Lipinski definition) is 7. The maximum atomic E-state index is 13.9. The highest BCUT2D eigenvalue weighted by Crippen LogP contribution is 2.67. The Morgan fingerprint density at radius 2 is 1.97 bits per heavy atom. The lowest BCUT2D eigenvalue weighted by atomic mass is 9.39. The molecular formula is C25H36O7. The van der Waals surface area contributed by atoms with Gasteiger partial charge in [0.05, 0.1) is 17.8 Å². The maximum absolute atomic E-state index is 13.9. The van der Waals surface area contributed by atoms with Crippen molar-refractivity contribution >= 4 is 11.8 Å². The van der Waals surface area contributed by atoms with Gasteiger partial charge in [-0.1, -0.05) is 32.8 Å². The van der Waals surface area contributed by atoms with Gasteiger partial charge in [-0.15, -0.1) is 13.0 Å². The van der Waals surface area contributed by atoms with E-state index in [1.54, 1.807) is 13.8 Å². The van der Waals surface area contributed by atoms with Gasteiger partial charge in [0.15, 0.2) is 17.5 Å². The number of carbonyl (C=O) groups excluding carboxylic acids is 2. The van der Waals surface area contributed by atoms with E-state index in [9.17, 15) is 19.8 Å². The van der Waals surface area contributed by atoms with Gasteiger partial charge in [0.25, 0.3) is 0 Å². The lowest BCUT2D eigenvalue weighted by molar-refractivity contribution is -0.372. The standard InChI is InChI=1S/C25H36O7/c1-9-13-30-17-11-12-21(4,5)19-18(28)20(31-15(3)26)24(8)25(29,23(17,19)7)16(27)14-22(6,10-2)32-24/h1,10,17-20,28-29H,2,11-14H2,3-8H3/t17-,18-,19-,20-,22-,23-,24+,25-/m0/s1. The van der Waals surface area contributed by atoms with Crippen LogP contribution < -0.4 is 0 Å². The highest BCUT2D eigenvalue weighted by atomic mass is 16.6. The summed E-state index contributed by atoms with van der Waals surface area (Å²) in [6.07, 6.45) is 4.91. The number of esters is 1. The highest BCUT2D eigenvalue weighted by Gasteiger charge is 2.81. The SMILES string of the molecule is C#CCO[C@H]1CCC(C)(C)[C@@H]2[C@H](O)[C@H](OC(C)=O)[C@@]3(C)O[C@@](C)(C=C)CC(=O)[C@]3(O)[C@@]12C. The van der Waals surface area contributed by atoms with Crippen molar-refractivity contribution in [1.82, 2.24) is 0 Å². The van der Waals surface area contributed by atoms with E-state index in [-0.39, 0.29) is 13.0 Å². The van der Waals surface area contributed by atoms with Gasteiger partial charge in [0.1, 0.15) is 12.2 Å². The highest BCUT2D eigenvalue weighted by molar-refractivity contribution is 5.92. The Kier molecular flexibility index (Phi) is 5.97. The van der Waals surface area contributed by atoms with E-state index >= 15 is 0 Å². The van der Waals surface area contributed by atoms with Crippen LogP contribution in [0.25, 0.3) is 0 Å². The van der Waals surface area contributed by atoms with Gasteiger partial charge >= 0.3 is 5.97 Å². The number of aliphatic hydroxyl groups is 2. The normalized spacial score (nSPS) is 47.5. The maximum Gasteiger partial charge on any atom is 0.303 e. The van der Waals surface area contributed by atoms with Crippen LogP contribution in [0.5, 0.6) is 0 Å². The van der Waals surface area contributed by atoms with E-state index in [1.807, 2.05) is 13.8 Å². The first-order valence-corrected chi connectivity index (χ1v) is 11.1. The van der Waals surface area contributed by atoms with E-state index < -0.39 is 63.6 Å². The van der Waals surface area contributed by atoms with Crippen molar-refractivity contribution in [1.29, 1.82) is 0 Å². The number of fused-ring (bicyclic) bond motifs is 3. The lowest BCUT2D eigenvalue weighted by Crippen LogP contribution is -2.86. The molecule has 0 aromatic carbocycles. The molecule has 0 aromatic heterocycles. The van der Waals surface area contributed by atoms with Crippen molar-refractivity contribution < 1.29 is 34.0 Å². The van der Waals surface area contributed by atoms with Crippen LogP contribution in [0.2, 0.25) is 0 Å². The summed E-state index contributed by atoms with van der Waals surface area (Å²) in [6.45, 7) is 14.0. The minimum absolute atomic E-state index is 0.00307. The van der Waals surface area contributed by atoms with Crippen LogP contribution in [0.15, 0.2) is 12.7 Å². The first-order chi connectivity index (χ1) is 14.6. The fraction of sp³-hybridized carbons (Fsp3) is 0.760. The van der Waals surface area contributed by atoms with E-state index in [2.05, 4.69) is 12.5 Å². The molecule has 1 aliphatic heterocycles. The zero-order valence-corrected chi connectivity index (χ0v) is 19.9. The summed E-state index contributed by atoms with van der Waals surface area (Å²) >= 11 is 0. The summed E-state index contributed by atoms with van der Waals surface area (Å²) in [5.74, 6) is 0.710. The molecule has 0 bridgehead atoms. The second-order valence-electron chi connectivity index (χ2n) is 10.8. The average molecular weight is 449 g/mol. The van der Waals surface area contributed by atoms with Crippen molar-refractivity contribution in [3.63, 3.8) is 0 Å². The van der Waals surface area contributed by atoms with Crippen molar-refractivity contribution in [3.8, 4) is 12.3 Å². The monoisotopic (exact) mass is 448 g/mol. The molecule has 2 N–H and O–H groups in total. The van der Waals surface area contributed by atoms with Crippen LogP contribution in [-0.4, -0.2) is 63.7 Å². The summed E-state index contributed by atoms with van der Waals surface area (Å²) in [5.41, 5.74) is -6.76. The Hall–Kier alpha value is -1.72. The zero-order valence-electron chi connectivity index (χ0n) is 19.9. The molecule has 3 fully saturated rings. The molecule has 0 radical (unpaired) electrons. The summed E-state index contributed by atoms with van der Waals surface area (Å²) in [5, 5.41) is 24.2. The second-order valence-corrected chi connectivity index (χ2v) is 10.8. The molecule has 2 aliphatic carbocycles. The molecule has 3 aliphatic rings. The number of terminal acetylenes is 1. The molecule has 0 aromatic rings. The van der Waals surface area contributed by atoms with Crippen LogP contribution in [0.3, 0.4) is 0 Å². The number of Topliss-reactive ketones (excluding diaryl/α,β-unsaturated/α-hetero) is 1. The van der Waals surface area contributed by atoms with E-state index in [1.165, 1.54) is 19.9 Å². The number of aliphatic hydroxyl groups excluding tert-OH is 1. The van der Waals surface area contributed by atoms with Crippen molar-refractivity contribution in [2.24, 2.45) is 16.7 Å². The van der Waals surface area contributed by atoms with Crippen molar-refractivity contribution in [2.45, 2.75) is 95.9 Å². The Morgan fingerprint density at radius 1 is 1.34 bits per heavy atom. The molecule has 1 saturated heterocycles. The van der Waals surface area contributed by atoms with E-state index in [0.717, 1.165) is 0 Å². The van der Waals surface area contributed by atoms with Gasteiger partial charge in [0, 0.05) is 24.7 Å². The van der Waals surface area contributed by atoms with Crippen molar-refractivity contribution in [2.75, 3.05) is 6.61 Å². The van der Waals surface area contributed by atoms with Crippen LogP contribution >= 0.6 is 0 Å². The number of hydrogen-bond donors (Lipinski definition) is 2. The van der Waals surface area contributed by atoms with Gasteiger partial charge in [-0.2, -0.15) is 0 Å². The average Bonchev–Trinajstić information content (AvgIpc) is 2.68. The molecular weight excluding hydrogens is 412 g/mol. The molecule has 2 saturated carbocycles. The Morgan fingerprint density at radius 3 is 2.50 bits per heavy atom. The molecule has 0 amide bonds. The van der Waals surface area contributed by atoms with Gasteiger partial charge in [0.2, 0.25) is 0 Å². The minimum Gasteiger partial charge on any atom is -0.457 e. The molecule has 178 valence electrons. The Balaban J connectivity index is 2.33. The van der Waals surface area contributed by atoms with Crippen LogP contribution in [0.1, 0.15) is 60.8 Å². The van der Waals surface area contributed by atoms with E-state index in [4.69, 9.17) is 20.6 Å². The molecule has 7 heteroatoms. The molecule has 32 heavy (non-hydrogen) atoms. The molecule has 3 rings (SSSR count). The van der Waals surface area contributed by atoms with Crippen LogP contribution in [0.4, 0.5) is 0 Å². The first-order valence-electron chi connectivity index (χ1n) is 11.1. The van der Waals surface area contributed by atoms with E-state index in [0.29, 0.717) is 12.8 Å². The van der Waals surface area contributed by atoms with Crippen LogP contribution in [-0.2, 0) is 23.8 Å². The summed E-state index contributed by atoms with van der Waals surface area (Å²) in [6, 6.07) is 0. The predicted molar refractivity (Wildman–Crippen MR) is 117 cm³/mol. The molecule has 1 heterocycles. The van der Waals surface area contributed by atoms with Gasteiger partial charge < -0.3 is 24.4 Å². The Labute approximate surface area is 190 Å². The minimum atomic E-state index is -2.12. The third-order valence-corrected chi connectivity index (χ3v) is 8.35. The number of rotatable bonds is 4. The Bertz CT molecular complexity index is 859. The second kappa shape index (κ2) is 7.66. The quantitative estimate of drug-likeness (QED) is 0.386. The predicted octanol–water partition coefficient (Wildman–Crippen LogP) is 2.18. The summed E-state index contributed by atoms with van der Waals surface area (Å²) in [7, 11) is 0. The molecule has 7 nitrogen and oxygen atoms in total. The van der Waals surface area contributed by atoms with Gasteiger partial charge in [-0.25, -0.2) is 0 Å². The fourth-order valence-corrected chi connectivity index (χ4v) is 7.04. The third kappa shape index (κ3) is 3.11. The molecule has 8 atom stereocenters. The van der Waals surface area contributed by atoms with Gasteiger partial charge in [-0.05, 0) is 32.1 Å². The molecule has 0 spiro atoms. The number of ether oxygens (including phenoxy) is 3. The summed E-state index contributed by atoms with van der Waals surface area (Å²) < 4.78 is 18.0. The lowest BCUT2D eigenvalue weighted by Gasteiger charge is -2.71. The number of carbonyl (C=O) groups is 2. The molecule has 0 unspecified atom stereocenters.